The topological polar surface area (TPSA) is 72.2 Å². The van der Waals surface area contributed by atoms with Crippen LogP contribution in [0.4, 0.5) is 14.5 Å². The molecule has 1 aromatic carbocycles. The van der Waals surface area contributed by atoms with Crippen LogP contribution in [0.15, 0.2) is 18.2 Å². The van der Waals surface area contributed by atoms with E-state index in [1.807, 2.05) is 0 Å². The Morgan fingerprint density at radius 1 is 1.44 bits per heavy atom. The van der Waals surface area contributed by atoms with Gasteiger partial charge in [0.1, 0.15) is 5.25 Å². The molecule has 0 saturated carbocycles. The molecule has 0 radical (unpaired) electrons. The summed E-state index contributed by atoms with van der Waals surface area (Å²) in [6.07, 6.45) is 0.189. The lowest BCUT2D eigenvalue weighted by atomic mass is 10.3. The molecular weight excluding hydrogens is 282 g/mol. The van der Waals surface area contributed by atoms with E-state index in [0.29, 0.717) is 0 Å². The Kier molecular flexibility index (Phi) is 4.58. The fourth-order valence-electron chi connectivity index (χ4n) is 1.37. The van der Waals surface area contributed by atoms with Gasteiger partial charge in [-0.25, -0.2) is 17.2 Å². The predicted octanol–water partition coefficient (Wildman–Crippen LogP) is 1.77. The van der Waals surface area contributed by atoms with Gasteiger partial charge in [-0.05, 0) is 18.6 Å². The van der Waals surface area contributed by atoms with Crippen molar-refractivity contribution in [1.29, 1.82) is 0 Å². The molecule has 0 heterocycles. The van der Waals surface area contributed by atoms with E-state index in [2.05, 4.69) is 16.9 Å². The lowest BCUT2D eigenvalue weighted by Crippen LogP contribution is -2.37. The van der Waals surface area contributed by atoms with Crippen molar-refractivity contribution in [3.05, 3.63) is 29.8 Å². The number of thiocarbonyl (C=S) groups is 1. The standard InChI is InChI=1S/C10H12F2N2O2S2/c1-2-9(10(13)17)18(15,16)14-6-3-4-7(11)8(12)5-6/h3-5,9,14H,2H2,1H3,(H2,13,17). The summed E-state index contributed by atoms with van der Waals surface area (Å²) in [5.74, 6) is -2.20. The van der Waals surface area contributed by atoms with Crippen LogP contribution in [0.5, 0.6) is 0 Å². The maximum Gasteiger partial charge on any atom is 0.242 e. The molecule has 0 bridgehead atoms. The van der Waals surface area contributed by atoms with Crippen molar-refractivity contribution in [1.82, 2.24) is 0 Å². The highest BCUT2D eigenvalue weighted by Gasteiger charge is 2.26. The molecule has 0 saturated heterocycles. The second-order valence-corrected chi connectivity index (χ2v) is 5.91. The van der Waals surface area contributed by atoms with Crippen LogP contribution in [0, 0.1) is 11.6 Å². The van der Waals surface area contributed by atoms with Crippen molar-refractivity contribution in [2.45, 2.75) is 18.6 Å². The van der Waals surface area contributed by atoms with E-state index in [1.54, 1.807) is 6.92 Å². The molecule has 8 heteroatoms. The molecule has 18 heavy (non-hydrogen) atoms. The first kappa shape index (κ1) is 14.8. The van der Waals surface area contributed by atoms with Gasteiger partial charge in [0.15, 0.2) is 11.6 Å². The fraction of sp³-hybridized carbons (Fsp3) is 0.300. The van der Waals surface area contributed by atoms with Gasteiger partial charge >= 0.3 is 0 Å². The molecule has 0 aliphatic heterocycles. The van der Waals surface area contributed by atoms with E-state index in [0.717, 1.165) is 18.2 Å². The summed E-state index contributed by atoms with van der Waals surface area (Å²) >= 11 is 4.65. The number of anilines is 1. The number of hydrogen-bond acceptors (Lipinski definition) is 3. The second-order valence-electron chi connectivity index (χ2n) is 3.58. The monoisotopic (exact) mass is 294 g/mol. The van der Waals surface area contributed by atoms with Crippen LogP contribution in [0.1, 0.15) is 13.3 Å². The second kappa shape index (κ2) is 5.57. The minimum Gasteiger partial charge on any atom is -0.392 e. The third-order valence-corrected chi connectivity index (χ3v) is 4.53. The lowest BCUT2D eigenvalue weighted by Gasteiger charge is -2.16. The molecule has 1 unspecified atom stereocenters. The first-order valence-corrected chi connectivity index (χ1v) is 6.99. The molecule has 0 aliphatic rings. The van der Waals surface area contributed by atoms with Gasteiger partial charge in [-0.3, -0.25) is 4.72 Å². The van der Waals surface area contributed by atoms with Crippen LogP contribution in [0.2, 0.25) is 0 Å². The summed E-state index contributed by atoms with van der Waals surface area (Å²) in [5, 5.41) is -1.05. The minimum atomic E-state index is -3.86. The first-order chi connectivity index (χ1) is 8.27. The average Bonchev–Trinajstić information content (AvgIpc) is 2.22. The number of rotatable bonds is 5. The number of nitrogens with one attached hydrogen (secondary N) is 1. The van der Waals surface area contributed by atoms with Gasteiger partial charge in [-0.2, -0.15) is 0 Å². The zero-order valence-electron chi connectivity index (χ0n) is 9.48. The predicted molar refractivity (Wildman–Crippen MR) is 69.8 cm³/mol. The summed E-state index contributed by atoms with van der Waals surface area (Å²) in [5.41, 5.74) is 5.24. The largest absolute Gasteiger partial charge is 0.392 e. The molecule has 3 N–H and O–H groups in total. The van der Waals surface area contributed by atoms with Crippen molar-refractivity contribution in [3.63, 3.8) is 0 Å². The molecule has 1 aromatic rings. The van der Waals surface area contributed by atoms with Gasteiger partial charge < -0.3 is 5.73 Å². The maximum absolute atomic E-state index is 12.9. The Balaban J connectivity index is 3.01. The van der Waals surface area contributed by atoms with Gasteiger partial charge in [-0.15, -0.1) is 0 Å². The molecule has 0 amide bonds. The normalized spacial score (nSPS) is 13.1. The SMILES string of the molecule is CCC(C(N)=S)S(=O)(=O)Nc1ccc(F)c(F)c1. The quantitative estimate of drug-likeness (QED) is 0.812. The van der Waals surface area contributed by atoms with E-state index in [4.69, 9.17) is 5.73 Å². The fourth-order valence-corrected chi connectivity index (χ4v) is 3.26. The summed E-state index contributed by atoms with van der Waals surface area (Å²) in [6, 6.07) is 2.69. The first-order valence-electron chi connectivity index (χ1n) is 5.04. The van der Waals surface area contributed by atoms with Crippen molar-refractivity contribution >= 4 is 32.9 Å². The Morgan fingerprint density at radius 3 is 2.50 bits per heavy atom. The Morgan fingerprint density at radius 2 is 2.06 bits per heavy atom. The summed E-state index contributed by atoms with van der Waals surface area (Å²) in [6.45, 7) is 1.61. The average molecular weight is 294 g/mol. The van der Waals surface area contributed by atoms with Crippen LogP contribution in [-0.4, -0.2) is 18.7 Å². The van der Waals surface area contributed by atoms with E-state index in [1.165, 1.54) is 0 Å². The zero-order chi connectivity index (χ0) is 13.9. The number of nitrogens with two attached hydrogens (primary N) is 1. The van der Waals surface area contributed by atoms with Gasteiger partial charge in [0.2, 0.25) is 10.0 Å². The smallest absolute Gasteiger partial charge is 0.242 e. The van der Waals surface area contributed by atoms with Crippen molar-refractivity contribution < 1.29 is 17.2 Å². The highest BCUT2D eigenvalue weighted by Crippen LogP contribution is 2.17. The number of hydrogen-bond donors (Lipinski definition) is 2. The highest BCUT2D eigenvalue weighted by atomic mass is 32.2. The van der Waals surface area contributed by atoms with Crippen molar-refractivity contribution in [2.75, 3.05) is 4.72 Å². The maximum atomic E-state index is 12.9. The van der Waals surface area contributed by atoms with E-state index >= 15 is 0 Å². The van der Waals surface area contributed by atoms with Gasteiger partial charge in [0, 0.05) is 6.07 Å². The molecule has 1 atom stereocenters. The molecular formula is C10H12F2N2O2S2. The van der Waals surface area contributed by atoms with Crippen LogP contribution in [0.25, 0.3) is 0 Å². The number of benzene rings is 1. The summed E-state index contributed by atoms with van der Waals surface area (Å²) in [7, 11) is -3.86. The Bertz CT molecular complexity index is 561. The third kappa shape index (κ3) is 3.36. The molecule has 100 valence electrons. The molecule has 4 nitrogen and oxygen atoms in total. The molecule has 0 aromatic heterocycles. The summed E-state index contributed by atoms with van der Waals surface area (Å²) < 4.78 is 51.5. The molecule has 1 rings (SSSR count). The van der Waals surface area contributed by atoms with Crippen LogP contribution >= 0.6 is 12.2 Å². The Hall–Kier alpha value is -1.28. The Labute approximate surface area is 109 Å². The van der Waals surface area contributed by atoms with Gasteiger partial charge in [0.25, 0.3) is 0 Å². The molecule has 0 spiro atoms. The number of sulfonamides is 1. The van der Waals surface area contributed by atoms with Crippen LogP contribution in [-0.2, 0) is 10.0 Å². The third-order valence-electron chi connectivity index (χ3n) is 2.24. The summed E-state index contributed by atoms with van der Waals surface area (Å²) in [4.78, 5) is -0.174. The van der Waals surface area contributed by atoms with Gasteiger partial charge in [0.05, 0.1) is 10.7 Å². The zero-order valence-corrected chi connectivity index (χ0v) is 11.1. The van der Waals surface area contributed by atoms with E-state index in [-0.39, 0.29) is 17.1 Å². The van der Waals surface area contributed by atoms with E-state index in [9.17, 15) is 17.2 Å². The van der Waals surface area contributed by atoms with Crippen LogP contribution in [0.3, 0.4) is 0 Å². The van der Waals surface area contributed by atoms with Crippen molar-refractivity contribution in [2.24, 2.45) is 5.73 Å². The minimum absolute atomic E-state index is 0.0800. The molecule has 0 aliphatic carbocycles. The van der Waals surface area contributed by atoms with E-state index < -0.39 is 26.9 Å². The highest BCUT2D eigenvalue weighted by molar-refractivity contribution is 7.95. The lowest BCUT2D eigenvalue weighted by molar-refractivity contribution is 0.509. The molecule has 0 fully saturated rings. The van der Waals surface area contributed by atoms with Crippen molar-refractivity contribution in [3.8, 4) is 0 Å². The number of halogens is 2. The van der Waals surface area contributed by atoms with Gasteiger partial charge in [-0.1, -0.05) is 19.1 Å². The van der Waals surface area contributed by atoms with Crippen LogP contribution < -0.4 is 10.5 Å².